The number of benzene rings is 1. The largest absolute Gasteiger partial charge is 0.394 e. The Balaban J connectivity index is 1.39. The maximum atomic E-state index is 14.2. The van der Waals surface area contributed by atoms with E-state index in [1.165, 1.54) is 0 Å². The smallest absolute Gasteiger partial charge is 0.244 e. The number of hydrogen-bond acceptors (Lipinski definition) is 7. The van der Waals surface area contributed by atoms with Crippen molar-refractivity contribution in [3.05, 3.63) is 35.9 Å². The van der Waals surface area contributed by atoms with Gasteiger partial charge in [0.25, 0.3) is 0 Å². The number of aliphatic hydroxyl groups is 1. The lowest BCUT2D eigenvalue weighted by Gasteiger charge is -2.38. The Labute approximate surface area is 242 Å². The molecule has 4 saturated heterocycles. The van der Waals surface area contributed by atoms with Crippen molar-refractivity contribution >= 4 is 45.4 Å². The summed E-state index contributed by atoms with van der Waals surface area (Å²) in [6.45, 7) is 8.28. The molecule has 4 aliphatic rings. The zero-order chi connectivity index (χ0) is 27.7. The quantitative estimate of drug-likeness (QED) is 0.337. The van der Waals surface area contributed by atoms with Crippen LogP contribution in [-0.2, 0) is 25.7 Å². The van der Waals surface area contributed by atoms with Crippen LogP contribution < -0.4 is 10.6 Å². The highest BCUT2D eigenvalue weighted by atomic mass is 79.9. The number of likely N-dealkylation sites (tertiary alicyclic amines) is 1. The molecular formula is C28H39BrN4O5S. The average molecular weight is 624 g/mol. The second kappa shape index (κ2) is 12.1. The van der Waals surface area contributed by atoms with Gasteiger partial charge in [-0.25, -0.2) is 0 Å². The molecule has 4 fully saturated rings. The van der Waals surface area contributed by atoms with Crippen molar-refractivity contribution in [3.8, 4) is 0 Å². The van der Waals surface area contributed by atoms with E-state index in [9.17, 15) is 19.5 Å². The van der Waals surface area contributed by atoms with E-state index in [0.29, 0.717) is 39.3 Å². The molecule has 214 valence electrons. The van der Waals surface area contributed by atoms with Crippen molar-refractivity contribution in [1.82, 2.24) is 20.4 Å². The molecule has 0 aliphatic carbocycles. The highest BCUT2D eigenvalue weighted by molar-refractivity contribution is 9.09. The number of hydrogen-bond donors (Lipinski definition) is 3. The van der Waals surface area contributed by atoms with Gasteiger partial charge in [0.2, 0.25) is 17.7 Å². The van der Waals surface area contributed by atoms with E-state index in [-0.39, 0.29) is 40.3 Å². The van der Waals surface area contributed by atoms with Crippen molar-refractivity contribution < 1.29 is 24.2 Å². The minimum Gasteiger partial charge on any atom is -0.394 e. The Morgan fingerprint density at radius 2 is 1.90 bits per heavy atom. The van der Waals surface area contributed by atoms with Gasteiger partial charge in [-0.05, 0) is 17.9 Å². The summed E-state index contributed by atoms with van der Waals surface area (Å²) >= 11 is 5.43. The predicted octanol–water partition coefficient (Wildman–Crippen LogP) is 1.23. The number of morpholine rings is 1. The topological polar surface area (TPSA) is 111 Å². The molecule has 4 aliphatic heterocycles. The summed E-state index contributed by atoms with van der Waals surface area (Å²) in [5, 5.41) is 16.4. The van der Waals surface area contributed by atoms with Gasteiger partial charge in [0, 0.05) is 42.8 Å². The molecule has 39 heavy (non-hydrogen) atoms. The molecule has 7 atom stereocenters. The van der Waals surface area contributed by atoms with Crippen LogP contribution in [0.25, 0.3) is 0 Å². The molecule has 3 N–H and O–H groups in total. The number of alkyl halides is 1. The van der Waals surface area contributed by atoms with Gasteiger partial charge in [-0.15, -0.1) is 11.8 Å². The molecule has 11 heteroatoms. The lowest BCUT2D eigenvalue weighted by molar-refractivity contribution is -0.143. The van der Waals surface area contributed by atoms with Crippen LogP contribution in [0.5, 0.6) is 0 Å². The van der Waals surface area contributed by atoms with E-state index >= 15 is 0 Å². The summed E-state index contributed by atoms with van der Waals surface area (Å²) in [6.07, 6.45) is 0.621. The van der Waals surface area contributed by atoms with E-state index in [1.54, 1.807) is 16.7 Å². The standard InChI is InChI=1S/C28H39BrN4O5S/c1-17(2)20(16-34)33-24(26(36)30-8-9-32-10-12-38-13-11-32)28-14-19(29)23(39-28)21(22(28)27(33)37)25(35)31-15-18-6-4-3-5-7-18/h3-7,17,19-24,34H,8-16H2,1-2H3,(H,30,36)(H,31,35)/t19?,20-,21-,22-,23-,24?,28?/m0/s1. The Hall–Kier alpha value is -1.66. The number of rotatable bonds is 10. The van der Waals surface area contributed by atoms with Crippen LogP contribution in [0, 0.1) is 17.8 Å². The molecule has 0 saturated carbocycles. The second-order valence-electron chi connectivity index (χ2n) is 11.4. The average Bonchev–Trinajstić information content (AvgIpc) is 3.52. The molecule has 1 aromatic carbocycles. The molecule has 0 radical (unpaired) electrons. The van der Waals surface area contributed by atoms with Crippen LogP contribution >= 0.6 is 27.7 Å². The second-order valence-corrected chi connectivity index (χ2v) is 14.1. The van der Waals surface area contributed by atoms with Crippen molar-refractivity contribution in [2.45, 2.75) is 53.7 Å². The van der Waals surface area contributed by atoms with Gasteiger partial charge in [0.05, 0.1) is 42.4 Å². The van der Waals surface area contributed by atoms with Gasteiger partial charge in [-0.3, -0.25) is 19.3 Å². The van der Waals surface area contributed by atoms with Gasteiger partial charge in [0.1, 0.15) is 6.04 Å². The molecule has 3 amide bonds. The first-order valence-corrected chi connectivity index (χ1v) is 15.7. The van der Waals surface area contributed by atoms with Crippen molar-refractivity contribution in [2.24, 2.45) is 17.8 Å². The van der Waals surface area contributed by atoms with Gasteiger partial charge >= 0.3 is 0 Å². The zero-order valence-electron chi connectivity index (χ0n) is 22.6. The fourth-order valence-electron chi connectivity index (χ4n) is 6.81. The third-order valence-corrected chi connectivity index (χ3v) is 12.0. The lowest BCUT2D eigenvalue weighted by Crippen LogP contribution is -2.58. The number of halogens is 1. The maximum Gasteiger partial charge on any atom is 0.244 e. The highest BCUT2D eigenvalue weighted by Gasteiger charge is 2.76. The molecule has 3 unspecified atom stereocenters. The number of carbonyl (C=O) groups excluding carboxylic acids is 3. The summed E-state index contributed by atoms with van der Waals surface area (Å²) in [4.78, 5) is 45.7. The molecule has 5 rings (SSSR count). The van der Waals surface area contributed by atoms with Crippen LogP contribution in [0.15, 0.2) is 30.3 Å². The zero-order valence-corrected chi connectivity index (χ0v) is 25.0. The number of carbonyl (C=O) groups is 3. The summed E-state index contributed by atoms with van der Waals surface area (Å²) in [5.41, 5.74) is 0.990. The van der Waals surface area contributed by atoms with Crippen molar-refractivity contribution in [1.29, 1.82) is 0 Å². The van der Waals surface area contributed by atoms with Gasteiger partial charge < -0.3 is 25.4 Å². The molecule has 1 spiro atoms. The van der Waals surface area contributed by atoms with Gasteiger partial charge in [-0.2, -0.15) is 0 Å². The fraction of sp³-hybridized carbons (Fsp3) is 0.679. The van der Waals surface area contributed by atoms with Gasteiger partial charge in [-0.1, -0.05) is 60.1 Å². The number of nitrogens with one attached hydrogen (secondary N) is 2. The van der Waals surface area contributed by atoms with Crippen LogP contribution in [0.1, 0.15) is 25.8 Å². The van der Waals surface area contributed by atoms with E-state index in [2.05, 4.69) is 31.5 Å². The first kappa shape index (κ1) is 28.9. The summed E-state index contributed by atoms with van der Waals surface area (Å²) in [7, 11) is 0. The first-order valence-electron chi connectivity index (χ1n) is 13.9. The SMILES string of the molecule is CC(C)[C@H](CO)N1C(=O)[C@@H]2[C@H](C(=O)NCc3ccccc3)[C@H]3SC2(CC3Br)C1C(=O)NCCN1CCOCC1. The van der Waals surface area contributed by atoms with Crippen LogP contribution in [0.2, 0.25) is 0 Å². The maximum absolute atomic E-state index is 14.2. The van der Waals surface area contributed by atoms with Crippen LogP contribution in [0.4, 0.5) is 0 Å². The Morgan fingerprint density at radius 1 is 1.18 bits per heavy atom. The minimum absolute atomic E-state index is 0.00857. The number of aliphatic hydroxyl groups excluding tert-OH is 1. The molecule has 1 aromatic rings. The van der Waals surface area contributed by atoms with E-state index in [0.717, 1.165) is 18.7 Å². The van der Waals surface area contributed by atoms with E-state index in [1.807, 2.05) is 44.2 Å². The first-order chi connectivity index (χ1) is 18.8. The van der Waals surface area contributed by atoms with Crippen LogP contribution in [0.3, 0.4) is 0 Å². The third-order valence-electron chi connectivity index (χ3n) is 8.73. The summed E-state index contributed by atoms with van der Waals surface area (Å²) in [5.74, 6) is -1.75. The molecule has 9 nitrogen and oxygen atoms in total. The van der Waals surface area contributed by atoms with Crippen LogP contribution in [-0.4, -0.2) is 106 Å². The predicted molar refractivity (Wildman–Crippen MR) is 153 cm³/mol. The normalized spacial score (nSPS) is 32.9. The minimum atomic E-state index is -0.749. The Morgan fingerprint density at radius 3 is 2.56 bits per heavy atom. The number of amides is 3. The van der Waals surface area contributed by atoms with E-state index < -0.39 is 28.7 Å². The molecule has 2 bridgehead atoms. The Kier molecular flexibility index (Phi) is 8.92. The summed E-state index contributed by atoms with van der Waals surface area (Å²) < 4.78 is 4.69. The monoisotopic (exact) mass is 622 g/mol. The van der Waals surface area contributed by atoms with Gasteiger partial charge in [0.15, 0.2) is 0 Å². The Bertz CT molecular complexity index is 1060. The van der Waals surface area contributed by atoms with E-state index in [4.69, 9.17) is 4.74 Å². The molecule has 0 aromatic heterocycles. The summed E-state index contributed by atoms with van der Waals surface area (Å²) in [6, 6.07) is 8.45. The van der Waals surface area contributed by atoms with Crippen molar-refractivity contribution in [3.63, 3.8) is 0 Å². The number of ether oxygens (including phenoxy) is 1. The number of nitrogens with zero attached hydrogens (tertiary/aromatic N) is 2. The fourth-order valence-corrected chi connectivity index (χ4v) is 10.4. The third kappa shape index (κ3) is 5.37. The number of thioether (sulfide) groups is 1. The molecule has 4 heterocycles. The molecular weight excluding hydrogens is 584 g/mol. The highest BCUT2D eigenvalue weighted by Crippen LogP contribution is 2.68. The lowest BCUT2D eigenvalue weighted by atomic mass is 9.70. The number of fused-ring (bicyclic) bond motifs is 1. The van der Waals surface area contributed by atoms with Crippen molar-refractivity contribution in [2.75, 3.05) is 46.0 Å².